The largest absolute Gasteiger partial charge is 0.437 e. The minimum Gasteiger partial charge on any atom is -0.321 e. The first-order chi connectivity index (χ1) is 13.0. The molecule has 0 spiro atoms. The summed E-state index contributed by atoms with van der Waals surface area (Å²) in [5, 5.41) is 10.9. The summed E-state index contributed by atoms with van der Waals surface area (Å²) in [6.45, 7) is 0.667. The first-order valence-electron chi connectivity index (χ1n) is 8.56. The number of aromatic nitrogens is 4. The fourth-order valence-corrected chi connectivity index (χ4v) is 3.31. The number of carbonyl (C=O) groups excluding carboxylic acids is 1. The molecule has 2 aromatic rings. The number of aromatic amines is 1. The van der Waals surface area contributed by atoms with E-state index in [4.69, 9.17) is 0 Å². The normalized spacial score (nSPS) is 15.2. The first-order valence-corrected chi connectivity index (χ1v) is 8.56. The van der Waals surface area contributed by atoms with Crippen LogP contribution in [0, 0.1) is 6.92 Å². The highest BCUT2D eigenvalue weighted by Crippen LogP contribution is 2.36. The van der Waals surface area contributed by atoms with Crippen LogP contribution in [0.2, 0.25) is 0 Å². The Morgan fingerprint density at radius 2 is 1.71 bits per heavy atom. The quantitative estimate of drug-likeness (QED) is 0.597. The van der Waals surface area contributed by atoms with E-state index < -0.39 is 41.9 Å². The fourth-order valence-electron chi connectivity index (χ4n) is 3.31. The average molecular weight is 409 g/mol. The van der Waals surface area contributed by atoms with Crippen LogP contribution in [0.5, 0.6) is 0 Å². The van der Waals surface area contributed by atoms with Crippen molar-refractivity contribution in [3.8, 4) is 0 Å². The van der Waals surface area contributed by atoms with Gasteiger partial charge < -0.3 is 5.32 Å². The molecule has 2 N–H and O–H groups in total. The van der Waals surface area contributed by atoms with Crippen molar-refractivity contribution in [3.05, 3.63) is 28.3 Å². The summed E-state index contributed by atoms with van der Waals surface area (Å²) in [6.07, 6.45) is -6.95. The van der Waals surface area contributed by atoms with Gasteiger partial charge in [-0.2, -0.15) is 36.5 Å². The van der Waals surface area contributed by atoms with Crippen molar-refractivity contribution in [2.45, 2.75) is 57.9 Å². The molecule has 0 fully saturated rings. The Morgan fingerprint density at radius 3 is 2.36 bits per heavy atom. The Labute approximate surface area is 155 Å². The topological polar surface area (TPSA) is 75.6 Å². The number of fused-ring (bicyclic) bond motifs is 1. The van der Waals surface area contributed by atoms with Crippen molar-refractivity contribution < 1.29 is 31.1 Å². The van der Waals surface area contributed by atoms with Crippen molar-refractivity contribution in [1.29, 1.82) is 0 Å². The van der Waals surface area contributed by atoms with Gasteiger partial charge in [-0.15, -0.1) is 0 Å². The molecule has 1 amide bonds. The van der Waals surface area contributed by atoms with E-state index in [-0.39, 0.29) is 17.7 Å². The molecule has 0 atom stereocenters. The molecule has 6 nitrogen and oxygen atoms in total. The number of aryl methyl sites for hydroxylation is 1. The summed E-state index contributed by atoms with van der Waals surface area (Å²) in [5.74, 6) is -0.918. The molecular weight excluding hydrogens is 392 g/mol. The number of nitrogens with zero attached hydrogens (tertiary/aromatic N) is 3. The number of nitrogens with one attached hydrogen (secondary N) is 2. The molecule has 0 saturated carbocycles. The molecule has 0 bridgehead atoms. The van der Waals surface area contributed by atoms with Crippen LogP contribution >= 0.6 is 0 Å². The number of hydrogen-bond donors (Lipinski definition) is 2. The number of anilines is 1. The lowest BCUT2D eigenvalue weighted by Gasteiger charge is -2.10. The number of hydrogen-bond acceptors (Lipinski definition) is 3. The lowest BCUT2D eigenvalue weighted by molar-refractivity contribution is -0.142. The molecule has 28 heavy (non-hydrogen) atoms. The number of carbonyl (C=O) groups is 1. The van der Waals surface area contributed by atoms with Crippen molar-refractivity contribution in [3.63, 3.8) is 0 Å². The van der Waals surface area contributed by atoms with Crippen molar-refractivity contribution in [2.75, 3.05) is 5.32 Å². The predicted molar refractivity (Wildman–Crippen MR) is 85.4 cm³/mol. The number of halogens is 6. The average Bonchev–Trinajstić information content (AvgIpc) is 2.98. The minimum atomic E-state index is -4.79. The van der Waals surface area contributed by atoms with E-state index >= 15 is 0 Å². The number of H-pyrrole nitrogens is 1. The van der Waals surface area contributed by atoms with Crippen LogP contribution in [-0.4, -0.2) is 25.9 Å². The van der Waals surface area contributed by atoms with Gasteiger partial charge in [0.25, 0.3) is 0 Å². The number of rotatable bonds is 3. The fraction of sp³-hybridized carbons (Fsp3) is 0.562. The smallest absolute Gasteiger partial charge is 0.321 e. The minimum absolute atomic E-state index is 0.0176. The lowest BCUT2D eigenvalue weighted by Crippen LogP contribution is -2.23. The van der Waals surface area contributed by atoms with E-state index in [0.29, 0.717) is 25.0 Å². The SMILES string of the molecule is Cc1[nH]nc(C(F)(F)F)c1NC(=O)Cn1nc(C(F)(F)F)c2c1CCCCC2. The van der Waals surface area contributed by atoms with Gasteiger partial charge in [0.2, 0.25) is 5.91 Å². The molecule has 0 aliphatic heterocycles. The Kier molecular flexibility index (Phi) is 5.15. The third-order valence-electron chi connectivity index (χ3n) is 4.55. The first kappa shape index (κ1) is 20.2. The molecule has 0 radical (unpaired) electrons. The highest BCUT2D eigenvalue weighted by atomic mass is 19.4. The third kappa shape index (κ3) is 3.99. The molecule has 1 aliphatic rings. The van der Waals surface area contributed by atoms with Crippen LogP contribution in [0.3, 0.4) is 0 Å². The molecule has 0 saturated heterocycles. The van der Waals surface area contributed by atoms with E-state index in [1.807, 2.05) is 0 Å². The molecule has 0 unspecified atom stereocenters. The summed E-state index contributed by atoms with van der Waals surface area (Å²) in [6, 6.07) is 0. The zero-order valence-corrected chi connectivity index (χ0v) is 14.8. The van der Waals surface area contributed by atoms with Gasteiger partial charge in [-0.05, 0) is 32.6 Å². The monoisotopic (exact) mass is 409 g/mol. The van der Waals surface area contributed by atoms with Gasteiger partial charge in [0.05, 0.1) is 11.4 Å². The van der Waals surface area contributed by atoms with Crippen molar-refractivity contribution in [2.24, 2.45) is 0 Å². The van der Waals surface area contributed by atoms with E-state index in [1.165, 1.54) is 6.92 Å². The second-order valence-electron chi connectivity index (χ2n) is 6.61. The van der Waals surface area contributed by atoms with Gasteiger partial charge >= 0.3 is 12.4 Å². The van der Waals surface area contributed by atoms with Crippen molar-refractivity contribution >= 4 is 11.6 Å². The van der Waals surface area contributed by atoms with E-state index in [0.717, 1.165) is 11.1 Å². The lowest BCUT2D eigenvalue weighted by atomic mass is 10.1. The second kappa shape index (κ2) is 7.13. The van der Waals surface area contributed by atoms with Crippen LogP contribution < -0.4 is 5.32 Å². The van der Waals surface area contributed by atoms with E-state index in [1.54, 1.807) is 0 Å². The molecular formula is C16H17F6N5O. The van der Waals surface area contributed by atoms with Crippen LogP contribution in [0.4, 0.5) is 32.0 Å². The molecule has 0 aromatic carbocycles. The summed E-state index contributed by atoms with van der Waals surface area (Å²) < 4.78 is 79.7. The summed E-state index contributed by atoms with van der Waals surface area (Å²) in [4.78, 5) is 12.3. The number of amides is 1. The Hall–Kier alpha value is -2.53. The van der Waals surface area contributed by atoms with Gasteiger partial charge in [0.1, 0.15) is 6.54 Å². The van der Waals surface area contributed by atoms with E-state index in [9.17, 15) is 31.1 Å². The van der Waals surface area contributed by atoms with Gasteiger partial charge in [-0.25, -0.2) is 0 Å². The maximum Gasteiger partial charge on any atom is 0.437 e. The summed E-state index contributed by atoms with van der Waals surface area (Å²) in [7, 11) is 0. The van der Waals surface area contributed by atoms with Crippen LogP contribution in [0.1, 0.15) is 47.6 Å². The molecule has 2 aromatic heterocycles. The second-order valence-corrected chi connectivity index (χ2v) is 6.61. The highest BCUT2D eigenvalue weighted by molar-refractivity contribution is 5.91. The zero-order valence-electron chi connectivity index (χ0n) is 14.8. The molecule has 2 heterocycles. The van der Waals surface area contributed by atoms with Gasteiger partial charge in [0.15, 0.2) is 11.4 Å². The maximum atomic E-state index is 13.3. The van der Waals surface area contributed by atoms with Crippen LogP contribution in [0.15, 0.2) is 0 Å². The molecule has 1 aliphatic carbocycles. The van der Waals surface area contributed by atoms with E-state index in [2.05, 4.69) is 20.6 Å². The van der Waals surface area contributed by atoms with Crippen molar-refractivity contribution in [1.82, 2.24) is 20.0 Å². The third-order valence-corrected chi connectivity index (χ3v) is 4.55. The Morgan fingerprint density at radius 1 is 1.07 bits per heavy atom. The zero-order chi connectivity index (χ0) is 20.7. The summed E-state index contributed by atoms with van der Waals surface area (Å²) >= 11 is 0. The Bertz CT molecular complexity index is 879. The molecule has 3 rings (SSSR count). The highest BCUT2D eigenvalue weighted by Gasteiger charge is 2.40. The summed E-state index contributed by atoms with van der Waals surface area (Å²) in [5.41, 5.74) is -2.53. The Balaban J connectivity index is 1.88. The maximum absolute atomic E-state index is 13.3. The van der Waals surface area contributed by atoms with Gasteiger partial charge in [-0.3, -0.25) is 14.6 Å². The van der Waals surface area contributed by atoms with Crippen LogP contribution in [-0.2, 0) is 36.5 Å². The van der Waals surface area contributed by atoms with Crippen LogP contribution in [0.25, 0.3) is 0 Å². The van der Waals surface area contributed by atoms with Gasteiger partial charge in [0, 0.05) is 11.3 Å². The standard InChI is InChI=1S/C16H17F6N5O/c1-8-12(14(25-24-8)16(20,21)22)23-11(28)7-27-10-6-4-2-3-5-9(10)13(26-27)15(17,18)19/h2-7H2,1H3,(H,23,28)(H,24,25). The predicted octanol–water partition coefficient (Wildman–Crippen LogP) is 3.86. The molecule has 154 valence electrons. The number of alkyl halides is 6. The molecule has 12 heteroatoms. The van der Waals surface area contributed by atoms with Gasteiger partial charge in [-0.1, -0.05) is 6.42 Å².